The van der Waals surface area contributed by atoms with Gasteiger partial charge in [0.2, 0.25) is 0 Å². The number of rotatable bonds is 6. The Morgan fingerprint density at radius 1 is 1.33 bits per heavy atom. The summed E-state index contributed by atoms with van der Waals surface area (Å²) < 4.78 is 7.13. The molecule has 0 aliphatic carbocycles. The second-order valence-electron chi connectivity index (χ2n) is 6.07. The van der Waals surface area contributed by atoms with E-state index < -0.39 is 0 Å². The number of pyridine rings is 1. The number of hydrogen-bond donors (Lipinski definition) is 1. The molecule has 0 unspecified atom stereocenters. The average molecular weight is 329 g/mol. The molecule has 0 radical (unpaired) electrons. The van der Waals surface area contributed by atoms with Crippen LogP contribution in [-0.4, -0.2) is 41.1 Å². The number of nitrogens with zero attached hydrogens (tertiary/aromatic N) is 2. The summed E-state index contributed by atoms with van der Waals surface area (Å²) in [6.07, 6.45) is 4.00. The zero-order valence-corrected chi connectivity index (χ0v) is 13.9. The summed E-state index contributed by atoms with van der Waals surface area (Å²) in [7, 11) is 0. The molecule has 1 N–H and O–H groups in total. The maximum absolute atomic E-state index is 12.2. The number of likely N-dealkylation sites (N-methyl/N-ethyl adjacent to an activating group) is 1. The van der Waals surface area contributed by atoms with Crippen molar-refractivity contribution in [3.8, 4) is 0 Å². The highest BCUT2D eigenvalue weighted by atomic mass is 16.4. The van der Waals surface area contributed by atoms with E-state index in [9.17, 15) is 9.59 Å². The Morgan fingerprint density at radius 3 is 3.00 bits per heavy atom. The van der Waals surface area contributed by atoms with Gasteiger partial charge in [0.05, 0.1) is 6.54 Å². The van der Waals surface area contributed by atoms with E-state index in [1.54, 1.807) is 30.5 Å². The van der Waals surface area contributed by atoms with E-state index in [1.165, 1.54) is 17.1 Å². The number of hydrogen-bond acceptors (Lipinski definition) is 4. The van der Waals surface area contributed by atoms with Crippen LogP contribution in [0.2, 0.25) is 0 Å². The summed E-state index contributed by atoms with van der Waals surface area (Å²) in [6, 6.07) is 8.79. The van der Waals surface area contributed by atoms with E-state index in [2.05, 4.69) is 17.1 Å². The molecule has 1 aliphatic rings. The number of furan rings is 1. The van der Waals surface area contributed by atoms with Gasteiger partial charge in [-0.25, -0.2) is 0 Å². The Hall–Kier alpha value is -2.34. The van der Waals surface area contributed by atoms with Gasteiger partial charge in [0.25, 0.3) is 11.5 Å². The molecular formula is C18H23N3O3. The largest absolute Gasteiger partial charge is 0.454 e. The molecule has 128 valence electrons. The van der Waals surface area contributed by atoms with Gasteiger partial charge in [-0.3, -0.25) is 14.5 Å². The Balaban J connectivity index is 1.58. The molecule has 6 nitrogen and oxygen atoms in total. The van der Waals surface area contributed by atoms with Crippen molar-refractivity contribution in [1.82, 2.24) is 14.8 Å². The van der Waals surface area contributed by atoms with Gasteiger partial charge >= 0.3 is 0 Å². The van der Waals surface area contributed by atoms with Crippen LogP contribution in [0.5, 0.6) is 0 Å². The summed E-state index contributed by atoms with van der Waals surface area (Å²) in [5, 5.41) is 2.95. The first-order valence-electron chi connectivity index (χ1n) is 8.44. The van der Waals surface area contributed by atoms with Crippen LogP contribution in [0.4, 0.5) is 0 Å². The number of aromatic nitrogens is 1. The highest BCUT2D eigenvalue weighted by molar-refractivity contribution is 5.91. The van der Waals surface area contributed by atoms with Gasteiger partial charge in [-0.1, -0.05) is 13.0 Å². The van der Waals surface area contributed by atoms with E-state index in [0.717, 1.165) is 19.5 Å². The van der Waals surface area contributed by atoms with Crippen LogP contribution in [-0.2, 0) is 6.54 Å². The topological polar surface area (TPSA) is 67.5 Å². The Labute approximate surface area is 141 Å². The molecule has 0 spiro atoms. The maximum Gasteiger partial charge on any atom is 0.287 e. The molecule has 1 saturated heterocycles. The lowest BCUT2D eigenvalue weighted by Gasteiger charge is -2.22. The van der Waals surface area contributed by atoms with E-state index in [0.29, 0.717) is 24.9 Å². The van der Waals surface area contributed by atoms with Crippen molar-refractivity contribution in [2.75, 3.05) is 19.6 Å². The van der Waals surface area contributed by atoms with Crippen molar-refractivity contribution in [2.45, 2.75) is 32.4 Å². The molecule has 24 heavy (non-hydrogen) atoms. The Morgan fingerprint density at radius 2 is 2.21 bits per heavy atom. The van der Waals surface area contributed by atoms with Crippen molar-refractivity contribution >= 4 is 5.91 Å². The summed E-state index contributed by atoms with van der Waals surface area (Å²) in [5.41, 5.74) is -0.0965. The number of likely N-dealkylation sites (tertiary alicyclic amines) is 1. The fraction of sp³-hybridized carbons (Fsp3) is 0.444. The summed E-state index contributed by atoms with van der Waals surface area (Å²) in [4.78, 5) is 26.3. The highest BCUT2D eigenvalue weighted by Gasteiger charge is 2.23. The summed E-state index contributed by atoms with van der Waals surface area (Å²) in [5.74, 6) is 0.670. The monoisotopic (exact) mass is 329 g/mol. The molecule has 0 aromatic carbocycles. The molecule has 3 heterocycles. The minimum atomic E-state index is -0.204. The average Bonchev–Trinajstić information content (AvgIpc) is 3.23. The molecule has 1 atom stereocenters. The molecule has 0 saturated carbocycles. The fourth-order valence-electron chi connectivity index (χ4n) is 3.18. The van der Waals surface area contributed by atoms with Gasteiger partial charge in [0.1, 0.15) is 5.76 Å². The normalized spacial score (nSPS) is 18.0. The van der Waals surface area contributed by atoms with Crippen molar-refractivity contribution < 1.29 is 9.21 Å². The second kappa shape index (κ2) is 7.49. The molecule has 6 heteroatoms. The van der Waals surface area contributed by atoms with Crippen LogP contribution in [0.25, 0.3) is 0 Å². The van der Waals surface area contributed by atoms with Crippen LogP contribution in [0.1, 0.15) is 36.1 Å². The standard InChI is InChI=1S/C18H23N3O3/c1-2-20-11-5-6-14(20)12-19-18(23)16-9-8-15(24-16)13-21-10-4-3-7-17(21)22/h3-4,7-10,14H,2,5-6,11-13H2,1H3,(H,19,23)/t14-/m1/s1. The SMILES string of the molecule is CCN1CCC[C@@H]1CNC(=O)c1ccc(Cn2ccccc2=O)o1. The van der Waals surface area contributed by atoms with Crippen LogP contribution < -0.4 is 10.9 Å². The van der Waals surface area contributed by atoms with Crippen molar-refractivity contribution in [3.05, 3.63) is 58.4 Å². The lowest BCUT2D eigenvalue weighted by molar-refractivity contribution is 0.0911. The predicted molar refractivity (Wildman–Crippen MR) is 91.1 cm³/mol. The third kappa shape index (κ3) is 3.76. The van der Waals surface area contributed by atoms with E-state index >= 15 is 0 Å². The molecule has 3 rings (SSSR count). The van der Waals surface area contributed by atoms with Gasteiger partial charge in [0, 0.05) is 24.8 Å². The maximum atomic E-state index is 12.2. The number of nitrogens with one attached hydrogen (secondary N) is 1. The Bertz CT molecular complexity index is 750. The highest BCUT2D eigenvalue weighted by Crippen LogP contribution is 2.16. The molecule has 0 bridgehead atoms. The molecule has 1 aliphatic heterocycles. The first kappa shape index (κ1) is 16.5. The Kier molecular flexibility index (Phi) is 5.15. The van der Waals surface area contributed by atoms with Crippen molar-refractivity contribution in [3.63, 3.8) is 0 Å². The summed E-state index contributed by atoms with van der Waals surface area (Å²) in [6.45, 7) is 5.22. The molecule has 1 amide bonds. The van der Waals surface area contributed by atoms with Crippen LogP contribution in [0.15, 0.2) is 45.7 Å². The third-order valence-electron chi connectivity index (χ3n) is 4.51. The number of amides is 1. The first-order valence-corrected chi connectivity index (χ1v) is 8.44. The predicted octanol–water partition coefficient (Wildman–Crippen LogP) is 1.70. The van der Waals surface area contributed by atoms with Crippen LogP contribution in [0.3, 0.4) is 0 Å². The lowest BCUT2D eigenvalue weighted by Crippen LogP contribution is -2.39. The molecule has 2 aromatic rings. The van der Waals surface area contributed by atoms with E-state index in [-0.39, 0.29) is 17.2 Å². The second-order valence-corrected chi connectivity index (χ2v) is 6.07. The minimum absolute atomic E-state index is 0.0965. The zero-order valence-electron chi connectivity index (χ0n) is 13.9. The quantitative estimate of drug-likeness (QED) is 0.876. The van der Waals surface area contributed by atoms with Crippen molar-refractivity contribution in [1.29, 1.82) is 0 Å². The number of carbonyl (C=O) groups is 1. The van der Waals surface area contributed by atoms with Gasteiger partial charge in [0.15, 0.2) is 5.76 Å². The van der Waals surface area contributed by atoms with Crippen LogP contribution in [0, 0.1) is 0 Å². The smallest absolute Gasteiger partial charge is 0.287 e. The minimum Gasteiger partial charge on any atom is -0.454 e. The van der Waals surface area contributed by atoms with Crippen molar-refractivity contribution in [2.24, 2.45) is 0 Å². The third-order valence-corrected chi connectivity index (χ3v) is 4.51. The van der Waals surface area contributed by atoms with Gasteiger partial charge < -0.3 is 14.3 Å². The van der Waals surface area contributed by atoms with E-state index in [1.807, 2.05) is 0 Å². The molecule has 2 aromatic heterocycles. The fourth-order valence-corrected chi connectivity index (χ4v) is 3.18. The number of carbonyl (C=O) groups excluding carboxylic acids is 1. The van der Waals surface area contributed by atoms with Crippen LogP contribution >= 0.6 is 0 Å². The van der Waals surface area contributed by atoms with E-state index in [4.69, 9.17) is 4.42 Å². The van der Waals surface area contributed by atoms with Gasteiger partial charge in [-0.2, -0.15) is 0 Å². The zero-order chi connectivity index (χ0) is 16.9. The first-order chi connectivity index (χ1) is 11.7. The molecule has 1 fully saturated rings. The lowest BCUT2D eigenvalue weighted by atomic mass is 10.2. The van der Waals surface area contributed by atoms with Gasteiger partial charge in [-0.05, 0) is 44.1 Å². The van der Waals surface area contributed by atoms with Gasteiger partial charge in [-0.15, -0.1) is 0 Å². The summed E-state index contributed by atoms with van der Waals surface area (Å²) >= 11 is 0. The molecular weight excluding hydrogens is 306 g/mol.